The molecule has 12 N–H and O–H groups in total. The molecule has 4 aliphatic heterocycles. The van der Waals surface area contributed by atoms with E-state index in [1.54, 1.807) is 19.9 Å². The molecule has 51 heteroatoms. The molecular weight excluding hydrogens is 1640 g/mol. The summed E-state index contributed by atoms with van der Waals surface area (Å²) in [5.41, 5.74) is 10.6. The molecule has 10 heterocycles. The van der Waals surface area contributed by atoms with Crippen LogP contribution in [0.2, 0.25) is 0 Å². The van der Waals surface area contributed by atoms with Gasteiger partial charge in [-0.1, -0.05) is 45.5 Å². The lowest BCUT2D eigenvalue weighted by Crippen LogP contribution is -2.53. The number of aromatic nitrogens is 9. The molecule has 45 nitrogen and oxygen atoms in total. The lowest BCUT2D eigenvalue weighted by atomic mass is 9.93. The fraction of sp³-hybridized carbons (Fsp3) is 0.561. The smallest absolute Gasteiger partial charge is 0.462 e. The van der Waals surface area contributed by atoms with Crippen molar-refractivity contribution in [2.75, 3.05) is 90.7 Å². The summed E-state index contributed by atoms with van der Waals surface area (Å²) in [6.07, 6.45) is -6.67. The van der Waals surface area contributed by atoms with E-state index in [0.29, 0.717) is 16.2 Å². The Balaban J connectivity index is 0.000000220. The van der Waals surface area contributed by atoms with Crippen molar-refractivity contribution in [2.24, 2.45) is 11.8 Å². The number of ether oxygens (including phenoxy) is 10. The van der Waals surface area contributed by atoms with Gasteiger partial charge in [0.05, 0.1) is 53.9 Å². The highest BCUT2D eigenvalue weighted by molar-refractivity contribution is 7.49. The maximum Gasteiger partial charge on any atom is 0.510 e. The molecule has 6 aromatic rings. The maximum absolute atomic E-state index is 16.2. The van der Waals surface area contributed by atoms with Gasteiger partial charge in [0.1, 0.15) is 79.9 Å². The number of esters is 3. The molecule has 6 aromatic heterocycles. The first-order valence-corrected chi connectivity index (χ1v) is 39.1. The first-order valence-electron chi connectivity index (χ1n) is 34.7. The summed E-state index contributed by atoms with van der Waals surface area (Å²) in [5, 5.41) is 59.5. The Labute approximate surface area is 662 Å². The fourth-order valence-corrected chi connectivity index (χ4v) is 14.2. The van der Waals surface area contributed by atoms with Crippen LogP contribution in [0.25, 0.3) is 33.1 Å². The number of halogens is 3. The third kappa shape index (κ3) is 21.6. The van der Waals surface area contributed by atoms with Gasteiger partial charge in [0.15, 0.2) is 37.0 Å². The zero-order valence-corrected chi connectivity index (χ0v) is 66.8. The summed E-state index contributed by atoms with van der Waals surface area (Å²) in [6.45, 7) is 8.22. The van der Waals surface area contributed by atoms with Gasteiger partial charge in [-0.3, -0.25) is 42.3 Å². The van der Waals surface area contributed by atoms with Crippen LogP contribution in [0.4, 0.5) is 40.2 Å². The zero-order valence-electron chi connectivity index (χ0n) is 64.2. The summed E-state index contributed by atoms with van der Waals surface area (Å²) in [6, 6.07) is 4.53. The number of aliphatic hydroxyl groups excluding tert-OH is 2. The molecular formula is C66H85F3N13O32P3. The van der Waals surface area contributed by atoms with E-state index in [9.17, 15) is 63.2 Å². The van der Waals surface area contributed by atoms with Crippen molar-refractivity contribution < 1.29 is 164 Å². The zero-order chi connectivity index (χ0) is 86.3. The van der Waals surface area contributed by atoms with Crippen molar-refractivity contribution >= 4 is 104 Å². The number of rotatable bonds is 31. The van der Waals surface area contributed by atoms with Crippen LogP contribution in [0.1, 0.15) is 94.8 Å². The third-order valence-corrected chi connectivity index (χ3v) is 20.3. The second-order valence-electron chi connectivity index (χ2n) is 25.6. The number of nitrogen functional groups attached to an aromatic ring is 3. The Kier molecular flexibility index (Phi) is 31.1. The Hall–Kier alpha value is -9.35. The van der Waals surface area contributed by atoms with E-state index in [1.807, 2.05) is 0 Å². The molecule has 0 bridgehead atoms. The molecule has 117 heavy (non-hydrogen) atoms. The van der Waals surface area contributed by atoms with E-state index in [4.69, 9.17) is 86.3 Å². The molecule has 642 valence electrons. The van der Waals surface area contributed by atoms with Crippen LogP contribution in [0.3, 0.4) is 0 Å². The number of phosphoric acid groups is 3. The lowest BCUT2D eigenvalue weighted by molar-refractivity contribution is -0.220. The number of nitrogens with zero attached hydrogens (tertiary/aromatic N) is 9. The third-order valence-electron chi connectivity index (χ3n) is 16.4. The van der Waals surface area contributed by atoms with Crippen LogP contribution in [0, 0.1) is 47.4 Å². The summed E-state index contributed by atoms with van der Waals surface area (Å²) in [5.74, 6) is 2.49. The largest absolute Gasteiger partial charge is 0.510 e. The van der Waals surface area contributed by atoms with Gasteiger partial charge < -0.3 is 104 Å². The Bertz CT molecular complexity index is 4840. The lowest BCUT2D eigenvalue weighted by Gasteiger charge is -2.36. The maximum atomic E-state index is 16.2. The van der Waals surface area contributed by atoms with E-state index in [1.165, 1.54) is 108 Å². The van der Waals surface area contributed by atoms with Crippen LogP contribution in [0.5, 0.6) is 0 Å². The Morgan fingerprint density at radius 2 is 0.949 bits per heavy atom. The number of hydrogen-bond donors (Lipinski definition) is 9. The van der Waals surface area contributed by atoms with Crippen LogP contribution in [-0.2, 0) is 116 Å². The van der Waals surface area contributed by atoms with Gasteiger partial charge in [0, 0.05) is 18.6 Å². The normalized spacial score (nSPS) is 26.6. The first kappa shape index (κ1) is 93.2. The molecule has 13 atom stereocenters. The SMILES string of the molecule is CC#C[C@]1(O)[C@H](n2ccc3c(N)ncnc32)O[C@](F)(COP(=O)(OCOC(=O)C(C)C)OCOC(=O)C(C)C)[C@H]1O.CC#C[C@]1(O)[C@H](n2ccc3c(N)ncnc32)O[C@](F)(COP(=O)(OCOC(=O)OCC)OCOC(=O)OCC)[C@H]1O.CC#C[C@]1(O)[C@H](n2ccc3c(N)ncnc32)O[C@]2(F)COP(=O)(OCNCC(=O)OC(C)C)O[C@@H]12. The van der Waals surface area contributed by atoms with Crippen molar-refractivity contribution in [3.63, 3.8) is 0 Å². The average Bonchev–Trinajstić information content (AvgIpc) is 1.57. The molecule has 0 spiro atoms. The molecule has 4 saturated heterocycles. The molecule has 4 fully saturated rings. The number of carbonyl (C=O) groups excluding carboxylic acids is 5. The summed E-state index contributed by atoms with van der Waals surface area (Å²) in [4.78, 5) is 81.8. The highest BCUT2D eigenvalue weighted by atomic mass is 31.2. The molecule has 0 aliphatic carbocycles. The quantitative estimate of drug-likeness (QED) is 0.00720. The number of carbonyl (C=O) groups is 5. The van der Waals surface area contributed by atoms with Crippen molar-refractivity contribution in [3.8, 4) is 35.5 Å². The van der Waals surface area contributed by atoms with Gasteiger partial charge in [-0.15, -0.1) is 17.8 Å². The van der Waals surface area contributed by atoms with E-state index in [-0.39, 0.29) is 60.3 Å². The standard InChI is InChI=1S/C24H32FN4O11P.C22H28FN4O13P.C20H25FN5O8P/c1-6-8-23(33)21(32)24(25,40-22(23)29-9-7-16-17(26)27-11-28-18(16)29)10-37-41(34,38-12-35-19(30)14(2)3)39-13-36-20(31)15(4)5;1-4-8-21(31)17(28)22(23,40-18(21)27-9-7-14-15(24)25-11-26-16(14)27)10-37-41(32,38-12-35-19(29)33-5-2)39-13-36-20(30)34-6-3;1-4-6-19(28)17-20(21,33-18(19)26-7-5-13-15(22)24-10-25-16(13)26)9-30-35(29,34-17)31-11-23-8-14(27)32-12(2)3/h7,9,11,14-15,21-22,32-33H,10,12-13H2,1-5H3,(H2,26,27,28);7,9,11,17-18,28,31H,5-6,10,12-13H2,1-3H3,(H2,24,25,26);5,7,10,12,17-18,23,28H,8-9,11H2,1-3H3,(H2,22,24,25)/t21-,22+,23+,24+;17-,18+,21+,22+;17-,18+,19+,20+,35?/m000/s1. The van der Waals surface area contributed by atoms with Crippen LogP contribution >= 0.6 is 23.5 Å². The van der Waals surface area contributed by atoms with Gasteiger partial charge >= 0.3 is 53.7 Å². The number of phosphoric ester groups is 3. The number of fused-ring (bicyclic) bond motifs is 4. The molecule has 0 saturated carbocycles. The van der Waals surface area contributed by atoms with Gasteiger partial charge in [0.25, 0.3) is 17.6 Å². The minimum Gasteiger partial charge on any atom is -0.462 e. The topological polar surface area (TPSA) is 595 Å². The van der Waals surface area contributed by atoms with Gasteiger partial charge in [-0.05, 0) is 66.7 Å². The molecule has 0 aromatic carbocycles. The number of alkyl halides is 3. The molecule has 4 aliphatic rings. The Morgan fingerprint density at radius 1 is 0.581 bits per heavy atom. The number of aliphatic hydroxyl groups is 5. The second-order valence-corrected chi connectivity index (χ2v) is 30.6. The summed E-state index contributed by atoms with van der Waals surface area (Å²) < 4.78 is 185. The van der Waals surface area contributed by atoms with Crippen LogP contribution in [0.15, 0.2) is 55.8 Å². The van der Waals surface area contributed by atoms with Crippen molar-refractivity contribution in [1.29, 1.82) is 0 Å². The van der Waals surface area contributed by atoms with Crippen molar-refractivity contribution in [1.82, 2.24) is 48.9 Å². The Morgan fingerprint density at radius 3 is 1.31 bits per heavy atom. The summed E-state index contributed by atoms with van der Waals surface area (Å²) >= 11 is 0. The molecule has 10 rings (SSSR count). The first-order chi connectivity index (χ1) is 55.1. The minimum absolute atomic E-state index is 0.0451. The van der Waals surface area contributed by atoms with E-state index >= 15 is 13.2 Å². The molecule has 1 unspecified atom stereocenters. The average molecular weight is 1720 g/mol. The van der Waals surface area contributed by atoms with E-state index < -0.39 is 191 Å². The highest BCUT2D eigenvalue weighted by Crippen LogP contribution is 2.63. The van der Waals surface area contributed by atoms with Crippen LogP contribution < -0.4 is 22.5 Å². The highest BCUT2D eigenvalue weighted by Gasteiger charge is 2.72. The number of anilines is 3. The number of nitrogens with two attached hydrogens (primary N) is 3. The van der Waals surface area contributed by atoms with Crippen LogP contribution in [-0.4, -0.2) is 232 Å². The van der Waals surface area contributed by atoms with Gasteiger partial charge in [-0.2, -0.15) is 0 Å². The van der Waals surface area contributed by atoms with E-state index in [0.717, 1.165) is 17.2 Å². The van der Waals surface area contributed by atoms with E-state index in [2.05, 4.69) is 89.7 Å². The van der Waals surface area contributed by atoms with Gasteiger partial charge in [-0.25, -0.2) is 84.5 Å². The van der Waals surface area contributed by atoms with Gasteiger partial charge in [0.2, 0.25) is 44.0 Å². The summed E-state index contributed by atoms with van der Waals surface area (Å²) in [7, 11) is -14.2. The predicted molar refractivity (Wildman–Crippen MR) is 388 cm³/mol. The number of nitrogens with one attached hydrogen (secondary N) is 1. The fourth-order valence-electron chi connectivity index (χ4n) is 11.0. The predicted octanol–water partition coefficient (Wildman–Crippen LogP) is 4.54. The monoisotopic (exact) mass is 1720 g/mol. The van der Waals surface area contributed by atoms with Crippen molar-refractivity contribution in [2.45, 2.75) is 154 Å². The minimum atomic E-state index is -4.93. The molecule has 0 radical (unpaired) electrons. The second kappa shape index (κ2) is 39.0. The molecule has 0 amide bonds. The number of hydrogen-bond acceptors (Lipinski definition) is 42. The van der Waals surface area contributed by atoms with Crippen molar-refractivity contribution in [3.05, 3.63) is 55.8 Å².